The Morgan fingerprint density at radius 3 is 2.35 bits per heavy atom. The highest BCUT2D eigenvalue weighted by Gasteiger charge is 2.30. The van der Waals surface area contributed by atoms with E-state index in [1.54, 1.807) is 11.0 Å². The first kappa shape index (κ1) is 28.3. The number of carbonyl (C=O) groups is 2. The third-order valence-corrected chi connectivity index (χ3v) is 6.47. The van der Waals surface area contributed by atoms with E-state index in [2.05, 4.69) is 26.1 Å². The molecule has 0 heterocycles. The fourth-order valence-corrected chi connectivity index (χ4v) is 4.42. The highest BCUT2D eigenvalue weighted by molar-refractivity contribution is 6.30. The zero-order valence-corrected chi connectivity index (χ0v) is 22.7. The van der Waals surface area contributed by atoms with Gasteiger partial charge in [-0.2, -0.15) is 0 Å². The molecule has 0 bridgehead atoms. The van der Waals surface area contributed by atoms with Gasteiger partial charge < -0.3 is 15.0 Å². The molecule has 0 radical (unpaired) electrons. The van der Waals surface area contributed by atoms with E-state index in [9.17, 15) is 9.59 Å². The number of nitrogens with zero attached hydrogens (tertiary/aromatic N) is 1. The van der Waals surface area contributed by atoms with Gasteiger partial charge in [0.25, 0.3) is 5.91 Å². The zero-order valence-electron chi connectivity index (χ0n) is 22.0. The molecule has 0 aliphatic carbocycles. The van der Waals surface area contributed by atoms with Gasteiger partial charge in [-0.1, -0.05) is 99.5 Å². The van der Waals surface area contributed by atoms with Gasteiger partial charge in [-0.15, -0.1) is 0 Å². The molecule has 3 aromatic rings. The van der Waals surface area contributed by atoms with Gasteiger partial charge in [-0.3, -0.25) is 9.59 Å². The Morgan fingerprint density at radius 1 is 0.946 bits per heavy atom. The largest absolute Gasteiger partial charge is 0.483 e. The second-order valence-electron chi connectivity index (χ2n) is 9.48. The molecule has 0 aromatic heterocycles. The summed E-state index contributed by atoms with van der Waals surface area (Å²) >= 11 is 6.25. The Labute approximate surface area is 225 Å². The SMILES string of the molecule is CCCCNC(=O)[C@H](Cc1ccccc1)N(Cc1cccc(Cl)c1)C(=O)COc1ccccc1C(C)C. The minimum Gasteiger partial charge on any atom is -0.483 e. The molecule has 3 aromatic carbocycles. The molecule has 196 valence electrons. The maximum absolute atomic E-state index is 13.7. The fraction of sp³-hybridized carbons (Fsp3) is 0.355. The summed E-state index contributed by atoms with van der Waals surface area (Å²) in [5.74, 6) is 0.505. The Balaban J connectivity index is 1.91. The quantitative estimate of drug-likeness (QED) is 0.265. The lowest BCUT2D eigenvalue weighted by Gasteiger charge is -2.31. The average molecular weight is 521 g/mol. The van der Waals surface area contributed by atoms with Crippen molar-refractivity contribution in [3.05, 3.63) is 101 Å². The van der Waals surface area contributed by atoms with E-state index >= 15 is 0 Å². The van der Waals surface area contributed by atoms with Crippen molar-refractivity contribution in [1.29, 1.82) is 0 Å². The summed E-state index contributed by atoms with van der Waals surface area (Å²) in [6, 6.07) is 24.2. The smallest absolute Gasteiger partial charge is 0.261 e. The van der Waals surface area contributed by atoms with Crippen LogP contribution in [0.25, 0.3) is 0 Å². The molecule has 0 aliphatic heterocycles. The number of hydrogen-bond donors (Lipinski definition) is 1. The highest BCUT2D eigenvalue weighted by atomic mass is 35.5. The first-order valence-corrected chi connectivity index (χ1v) is 13.3. The van der Waals surface area contributed by atoms with Gasteiger partial charge in [0, 0.05) is 24.5 Å². The van der Waals surface area contributed by atoms with Crippen LogP contribution in [0.5, 0.6) is 5.75 Å². The van der Waals surface area contributed by atoms with Gasteiger partial charge in [0.05, 0.1) is 0 Å². The third-order valence-electron chi connectivity index (χ3n) is 6.23. The number of ether oxygens (including phenoxy) is 1. The summed E-state index contributed by atoms with van der Waals surface area (Å²) < 4.78 is 6.03. The molecule has 37 heavy (non-hydrogen) atoms. The number of nitrogens with one attached hydrogen (secondary N) is 1. The monoisotopic (exact) mass is 520 g/mol. The molecular formula is C31H37ClN2O3. The minimum absolute atomic E-state index is 0.169. The maximum atomic E-state index is 13.7. The van der Waals surface area contributed by atoms with Crippen LogP contribution in [0.3, 0.4) is 0 Å². The number of para-hydroxylation sites is 1. The summed E-state index contributed by atoms with van der Waals surface area (Å²) in [6.45, 7) is 6.90. The average Bonchev–Trinajstić information content (AvgIpc) is 2.90. The summed E-state index contributed by atoms with van der Waals surface area (Å²) in [5.41, 5.74) is 2.87. The molecule has 0 saturated carbocycles. The summed E-state index contributed by atoms with van der Waals surface area (Å²) in [5, 5.41) is 3.62. The summed E-state index contributed by atoms with van der Waals surface area (Å²) in [7, 11) is 0. The molecular weight excluding hydrogens is 484 g/mol. The predicted molar refractivity (Wildman–Crippen MR) is 150 cm³/mol. The summed E-state index contributed by atoms with van der Waals surface area (Å²) in [6.07, 6.45) is 2.24. The standard InChI is InChI=1S/C31H37ClN2O3/c1-4-5-18-33-31(36)28(20-24-12-7-6-8-13-24)34(21-25-14-11-15-26(32)19-25)30(35)22-37-29-17-10-9-16-27(29)23(2)3/h6-17,19,23,28H,4-5,18,20-22H2,1-3H3,(H,33,36)/t28-/m0/s1. The van der Waals surface area contributed by atoms with Gasteiger partial charge in [-0.25, -0.2) is 0 Å². The number of benzene rings is 3. The Hall–Kier alpha value is -3.31. The predicted octanol–water partition coefficient (Wildman–Crippen LogP) is 6.40. The van der Waals surface area contributed by atoms with Crippen molar-refractivity contribution in [3.8, 4) is 5.75 Å². The molecule has 1 atom stereocenters. The van der Waals surface area contributed by atoms with Gasteiger partial charge in [0.15, 0.2) is 6.61 Å². The topological polar surface area (TPSA) is 58.6 Å². The number of hydrogen-bond acceptors (Lipinski definition) is 3. The molecule has 0 fully saturated rings. The van der Waals surface area contributed by atoms with Crippen molar-refractivity contribution in [2.24, 2.45) is 0 Å². The van der Waals surface area contributed by atoms with Crippen LogP contribution in [-0.4, -0.2) is 35.9 Å². The van der Waals surface area contributed by atoms with Gasteiger partial charge in [0.1, 0.15) is 11.8 Å². The molecule has 0 spiro atoms. The van der Waals surface area contributed by atoms with Gasteiger partial charge in [0.2, 0.25) is 5.91 Å². The van der Waals surface area contributed by atoms with E-state index in [-0.39, 0.29) is 30.9 Å². The maximum Gasteiger partial charge on any atom is 0.261 e. The molecule has 1 N–H and O–H groups in total. The van der Waals surface area contributed by atoms with Crippen molar-refractivity contribution < 1.29 is 14.3 Å². The molecule has 0 aliphatic rings. The number of rotatable bonds is 13. The van der Waals surface area contributed by atoms with Crippen molar-refractivity contribution in [3.63, 3.8) is 0 Å². The fourth-order valence-electron chi connectivity index (χ4n) is 4.20. The second-order valence-corrected chi connectivity index (χ2v) is 9.92. The lowest BCUT2D eigenvalue weighted by molar-refractivity contribution is -0.142. The summed E-state index contributed by atoms with van der Waals surface area (Å²) in [4.78, 5) is 28.8. The first-order valence-electron chi connectivity index (χ1n) is 13.0. The normalized spacial score (nSPS) is 11.7. The van der Waals surface area contributed by atoms with Gasteiger partial charge in [-0.05, 0) is 47.2 Å². The van der Waals surface area contributed by atoms with Crippen LogP contribution in [0.2, 0.25) is 5.02 Å². The number of halogens is 1. The van der Waals surface area contributed by atoms with Crippen LogP contribution in [0, 0.1) is 0 Å². The van der Waals surface area contributed by atoms with Crippen molar-refractivity contribution in [2.75, 3.05) is 13.2 Å². The minimum atomic E-state index is -0.699. The van der Waals surface area contributed by atoms with E-state index in [4.69, 9.17) is 16.3 Å². The van der Waals surface area contributed by atoms with Crippen molar-refractivity contribution >= 4 is 23.4 Å². The molecule has 5 nitrogen and oxygen atoms in total. The van der Waals surface area contributed by atoms with Crippen LogP contribution in [0.1, 0.15) is 56.2 Å². The Kier molecular flexibility index (Phi) is 11.0. The molecule has 2 amide bonds. The zero-order chi connectivity index (χ0) is 26.6. The number of amides is 2. The second kappa shape index (κ2) is 14.4. The Bertz CT molecular complexity index is 1150. The molecule has 3 rings (SSSR count). The number of unbranched alkanes of at least 4 members (excludes halogenated alkanes) is 1. The Morgan fingerprint density at radius 2 is 1.65 bits per heavy atom. The van der Waals surface area contributed by atoms with E-state index in [1.165, 1.54) is 0 Å². The molecule has 0 unspecified atom stereocenters. The van der Waals surface area contributed by atoms with Crippen LogP contribution >= 0.6 is 11.6 Å². The van der Waals surface area contributed by atoms with Crippen molar-refractivity contribution in [1.82, 2.24) is 10.2 Å². The van der Waals surface area contributed by atoms with Gasteiger partial charge >= 0.3 is 0 Å². The van der Waals surface area contributed by atoms with E-state index < -0.39 is 6.04 Å². The van der Waals surface area contributed by atoms with Crippen LogP contribution in [0.15, 0.2) is 78.9 Å². The van der Waals surface area contributed by atoms with Crippen LogP contribution in [0.4, 0.5) is 0 Å². The van der Waals surface area contributed by atoms with Crippen LogP contribution < -0.4 is 10.1 Å². The highest BCUT2D eigenvalue weighted by Crippen LogP contribution is 2.26. The lowest BCUT2D eigenvalue weighted by atomic mass is 10.0. The number of carbonyl (C=O) groups excluding carboxylic acids is 2. The molecule has 6 heteroatoms. The lowest BCUT2D eigenvalue weighted by Crippen LogP contribution is -2.51. The van der Waals surface area contributed by atoms with Crippen LogP contribution in [-0.2, 0) is 22.6 Å². The third kappa shape index (κ3) is 8.64. The first-order chi connectivity index (χ1) is 17.9. The van der Waals surface area contributed by atoms with E-state index in [1.807, 2.05) is 72.8 Å². The van der Waals surface area contributed by atoms with E-state index in [0.29, 0.717) is 23.7 Å². The van der Waals surface area contributed by atoms with Crippen molar-refractivity contribution in [2.45, 2.75) is 58.5 Å². The molecule has 0 saturated heterocycles. The van der Waals surface area contributed by atoms with E-state index in [0.717, 1.165) is 29.5 Å².